The van der Waals surface area contributed by atoms with Gasteiger partial charge in [-0.1, -0.05) is 26.3 Å². The maximum atomic E-state index is 10.8. The van der Waals surface area contributed by atoms with Crippen LogP contribution in [0.3, 0.4) is 0 Å². The van der Waals surface area contributed by atoms with E-state index in [1.54, 1.807) is 0 Å². The third-order valence-electron chi connectivity index (χ3n) is 1.55. The standard InChI is InChI=1S/C8H17NO3S/c1-3-5-6-7-12-8(4-2)13(9,10)11/h4,8H,2-3,5-7H2,1H3,(H2,9,10,11). The van der Waals surface area contributed by atoms with Gasteiger partial charge in [0.15, 0.2) is 5.44 Å². The molecule has 0 aliphatic heterocycles. The summed E-state index contributed by atoms with van der Waals surface area (Å²) in [7, 11) is -3.64. The molecule has 2 N–H and O–H groups in total. The van der Waals surface area contributed by atoms with Crippen molar-refractivity contribution in [2.24, 2.45) is 5.14 Å². The van der Waals surface area contributed by atoms with Crippen LogP contribution in [0.5, 0.6) is 0 Å². The second kappa shape index (κ2) is 6.12. The Kier molecular flexibility index (Phi) is 5.94. The van der Waals surface area contributed by atoms with Crippen LogP contribution in [0.25, 0.3) is 0 Å². The van der Waals surface area contributed by atoms with Crippen molar-refractivity contribution in [2.45, 2.75) is 31.6 Å². The first kappa shape index (κ1) is 12.6. The average molecular weight is 207 g/mol. The maximum absolute atomic E-state index is 10.8. The molecule has 0 aromatic carbocycles. The first-order valence-corrected chi connectivity index (χ1v) is 5.89. The molecule has 13 heavy (non-hydrogen) atoms. The van der Waals surface area contributed by atoms with Gasteiger partial charge in [0.1, 0.15) is 0 Å². The molecule has 0 aliphatic rings. The van der Waals surface area contributed by atoms with Gasteiger partial charge in [-0.3, -0.25) is 0 Å². The topological polar surface area (TPSA) is 69.4 Å². The van der Waals surface area contributed by atoms with Gasteiger partial charge in [-0.25, -0.2) is 13.6 Å². The third kappa shape index (κ3) is 5.79. The fourth-order valence-corrected chi connectivity index (χ4v) is 1.40. The Labute approximate surface area is 79.8 Å². The van der Waals surface area contributed by atoms with Gasteiger partial charge in [0, 0.05) is 6.61 Å². The van der Waals surface area contributed by atoms with E-state index in [9.17, 15) is 8.42 Å². The largest absolute Gasteiger partial charge is 0.357 e. The lowest BCUT2D eigenvalue weighted by Gasteiger charge is -2.10. The first-order chi connectivity index (χ1) is 6.02. The van der Waals surface area contributed by atoms with Crippen LogP contribution in [0.1, 0.15) is 26.2 Å². The molecule has 0 amide bonds. The number of ether oxygens (including phenoxy) is 1. The zero-order valence-electron chi connectivity index (χ0n) is 7.90. The van der Waals surface area contributed by atoms with E-state index in [1.807, 2.05) is 0 Å². The van der Waals surface area contributed by atoms with E-state index in [-0.39, 0.29) is 0 Å². The van der Waals surface area contributed by atoms with E-state index in [2.05, 4.69) is 13.5 Å². The van der Waals surface area contributed by atoms with Gasteiger partial charge in [0.2, 0.25) is 10.0 Å². The highest BCUT2D eigenvalue weighted by Crippen LogP contribution is 2.02. The Morgan fingerprint density at radius 2 is 2.15 bits per heavy atom. The molecule has 1 atom stereocenters. The highest BCUT2D eigenvalue weighted by molar-refractivity contribution is 7.89. The van der Waals surface area contributed by atoms with Gasteiger partial charge < -0.3 is 4.74 Å². The van der Waals surface area contributed by atoms with Crippen LogP contribution >= 0.6 is 0 Å². The summed E-state index contributed by atoms with van der Waals surface area (Å²) in [5, 5.41) is 4.88. The molecule has 0 fully saturated rings. The Morgan fingerprint density at radius 3 is 2.54 bits per heavy atom. The van der Waals surface area contributed by atoms with E-state index in [0.717, 1.165) is 19.3 Å². The Balaban J connectivity index is 3.81. The van der Waals surface area contributed by atoms with Gasteiger partial charge >= 0.3 is 0 Å². The van der Waals surface area contributed by atoms with E-state index in [1.165, 1.54) is 6.08 Å². The summed E-state index contributed by atoms with van der Waals surface area (Å²) in [6.45, 7) is 5.81. The minimum absolute atomic E-state index is 0.404. The molecule has 0 heterocycles. The fraction of sp³-hybridized carbons (Fsp3) is 0.750. The smallest absolute Gasteiger partial charge is 0.240 e. The van der Waals surface area contributed by atoms with E-state index in [0.29, 0.717) is 6.61 Å². The van der Waals surface area contributed by atoms with Crippen molar-refractivity contribution in [3.05, 3.63) is 12.7 Å². The van der Waals surface area contributed by atoms with Gasteiger partial charge in [0.25, 0.3) is 0 Å². The summed E-state index contributed by atoms with van der Waals surface area (Å²) < 4.78 is 26.6. The summed E-state index contributed by atoms with van der Waals surface area (Å²) in [5.74, 6) is 0. The molecule has 0 aliphatic carbocycles. The molecule has 5 heteroatoms. The van der Waals surface area contributed by atoms with Crippen LogP contribution < -0.4 is 5.14 Å². The molecule has 0 saturated carbocycles. The lowest BCUT2D eigenvalue weighted by Crippen LogP contribution is -2.29. The molecule has 0 rings (SSSR count). The predicted octanol–water partition coefficient (Wildman–Crippen LogP) is 0.994. The van der Waals surface area contributed by atoms with Crippen molar-refractivity contribution in [1.29, 1.82) is 0 Å². The van der Waals surface area contributed by atoms with Crippen LogP contribution in [0, 0.1) is 0 Å². The van der Waals surface area contributed by atoms with E-state index >= 15 is 0 Å². The number of hydrogen-bond acceptors (Lipinski definition) is 3. The number of primary sulfonamides is 1. The monoisotopic (exact) mass is 207 g/mol. The van der Waals surface area contributed by atoms with Crippen molar-refractivity contribution in [1.82, 2.24) is 0 Å². The van der Waals surface area contributed by atoms with Crippen LogP contribution in [-0.4, -0.2) is 20.5 Å². The van der Waals surface area contributed by atoms with Crippen molar-refractivity contribution in [3.8, 4) is 0 Å². The molecule has 0 aromatic heterocycles. The number of hydrogen-bond donors (Lipinski definition) is 1. The fourth-order valence-electron chi connectivity index (χ4n) is 0.849. The lowest BCUT2D eigenvalue weighted by molar-refractivity contribution is 0.129. The predicted molar refractivity (Wildman–Crippen MR) is 52.6 cm³/mol. The molecule has 0 aromatic rings. The van der Waals surface area contributed by atoms with Gasteiger partial charge in [-0.05, 0) is 12.5 Å². The zero-order chi connectivity index (χ0) is 10.3. The molecular formula is C8H17NO3S. The SMILES string of the molecule is C=CC(OCCCCC)S(N)(=O)=O. The Bertz CT molecular complexity index is 236. The number of rotatable bonds is 7. The lowest BCUT2D eigenvalue weighted by atomic mass is 10.3. The van der Waals surface area contributed by atoms with Crippen molar-refractivity contribution >= 4 is 10.0 Å². The quantitative estimate of drug-likeness (QED) is 0.500. The van der Waals surface area contributed by atoms with Crippen LogP contribution in [0.15, 0.2) is 12.7 Å². The second-order valence-corrected chi connectivity index (χ2v) is 4.41. The summed E-state index contributed by atoms with van der Waals surface area (Å²) in [4.78, 5) is 0. The molecule has 0 bridgehead atoms. The van der Waals surface area contributed by atoms with E-state index in [4.69, 9.17) is 9.88 Å². The van der Waals surface area contributed by atoms with E-state index < -0.39 is 15.5 Å². The van der Waals surface area contributed by atoms with Crippen molar-refractivity contribution in [3.63, 3.8) is 0 Å². The first-order valence-electron chi connectivity index (χ1n) is 4.28. The molecule has 78 valence electrons. The number of nitrogens with two attached hydrogens (primary N) is 1. The van der Waals surface area contributed by atoms with Crippen molar-refractivity contribution < 1.29 is 13.2 Å². The summed E-state index contributed by atoms with van der Waals surface area (Å²) >= 11 is 0. The van der Waals surface area contributed by atoms with Crippen LogP contribution in [-0.2, 0) is 14.8 Å². The Hall–Kier alpha value is -0.390. The normalized spacial score (nSPS) is 14.0. The molecule has 4 nitrogen and oxygen atoms in total. The summed E-state index contributed by atoms with van der Waals surface area (Å²) in [6, 6.07) is 0. The molecule has 0 saturated heterocycles. The minimum atomic E-state index is -3.64. The Morgan fingerprint density at radius 1 is 1.54 bits per heavy atom. The van der Waals surface area contributed by atoms with Crippen LogP contribution in [0.2, 0.25) is 0 Å². The van der Waals surface area contributed by atoms with Crippen molar-refractivity contribution in [2.75, 3.05) is 6.61 Å². The second-order valence-electron chi connectivity index (χ2n) is 2.77. The maximum Gasteiger partial charge on any atom is 0.240 e. The van der Waals surface area contributed by atoms with Crippen LogP contribution in [0.4, 0.5) is 0 Å². The average Bonchev–Trinajstić information content (AvgIpc) is 2.02. The molecule has 1 unspecified atom stereocenters. The molecular weight excluding hydrogens is 190 g/mol. The highest BCUT2D eigenvalue weighted by atomic mass is 32.2. The highest BCUT2D eigenvalue weighted by Gasteiger charge is 2.17. The third-order valence-corrected chi connectivity index (χ3v) is 2.52. The minimum Gasteiger partial charge on any atom is -0.357 e. The zero-order valence-corrected chi connectivity index (χ0v) is 8.72. The molecule has 0 spiro atoms. The number of unbranched alkanes of at least 4 members (excludes halogenated alkanes) is 2. The molecule has 0 radical (unpaired) electrons. The van der Waals surface area contributed by atoms with Gasteiger partial charge in [-0.2, -0.15) is 0 Å². The summed E-state index contributed by atoms with van der Waals surface area (Å²) in [6.07, 6.45) is 4.13. The van der Waals surface area contributed by atoms with Gasteiger partial charge in [0.05, 0.1) is 0 Å². The number of sulfonamides is 1. The summed E-state index contributed by atoms with van der Waals surface area (Å²) in [5.41, 5.74) is -1.07. The van der Waals surface area contributed by atoms with Gasteiger partial charge in [-0.15, -0.1) is 0 Å².